The summed E-state index contributed by atoms with van der Waals surface area (Å²) in [5.74, 6) is 0.171. The maximum atomic E-state index is 12.1. The van der Waals surface area contributed by atoms with Crippen LogP contribution in [0.3, 0.4) is 0 Å². The third-order valence-corrected chi connectivity index (χ3v) is 3.39. The first kappa shape index (κ1) is 14.5. The van der Waals surface area contributed by atoms with Gasteiger partial charge >= 0.3 is 0 Å². The van der Waals surface area contributed by atoms with Gasteiger partial charge in [-0.3, -0.25) is 4.79 Å². The standard InChI is InChI=1S/C14H12Cl2N2O2/c1-20-13-7-9(17)3-5-12(13)18-14(19)8-2-4-10(15)11(16)6-8/h2-7H,17H2,1H3,(H,18,19). The van der Waals surface area contributed by atoms with E-state index in [1.54, 1.807) is 30.3 Å². The lowest BCUT2D eigenvalue weighted by Crippen LogP contribution is -2.12. The summed E-state index contributed by atoms with van der Waals surface area (Å²) in [5, 5.41) is 3.45. The third-order valence-electron chi connectivity index (χ3n) is 2.66. The highest BCUT2D eigenvalue weighted by atomic mass is 35.5. The molecule has 0 saturated carbocycles. The summed E-state index contributed by atoms with van der Waals surface area (Å²) in [4.78, 5) is 12.1. The summed E-state index contributed by atoms with van der Waals surface area (Å²) >= 11 is 11.7. The SMILES string of the molecule is COc1cc(N)ccc1NC(=O)c1ccc(Cl)c(Cl)c1. The number of nitrogens with one attached hydrogen (secondary N) is 1. The first-order chi connectivity index (χ1) is 9.51. The van der Waals surface area contributed by atoms with Gasteiger partial charge in [-0.2, -0.15) is 0 Å². The normalized spacial score (nSPS) is 10.2. The molecule has 0 spiro atoms. The first-order valence-corrected chi connectivity index (χ1v) is 6.47. The lowest BCUT2D eigenvalue weighted by atomic mass is 10.2. The Balaban J connectivity index is 2.25. The summed E-state index contributed by atoms with van der Waals surface area (Å²) < 4.78 is 5.16. The van der Waals surface area contributed by atoms with Gasteiger partial charge in [-0.1, -0.05) is 23.2 Å². The first-order valence-electron chi connectivity index (χ1n) is 5.71. The molecular formula is C14H12Cl2N2O2. The van der Waals surface area contributed by atoms with Crippen LogP contribution in [-0.4, -0.2) is 13.0 Å². The lowest BCUT2D eigenvalue weighted by Gasteiger charge is -2.11. The molecule has 2 rings (SSSR count). The van der Waals surface area contributed by atoms with Crippen LogP contribution in [0.5, 0.6) is 5.75 Å². The van der Waals surface area contributed by atoms with Crippen LogP contribution in [0.1, 0.15) is 10.4 Å². The molecule has 2 aromatic rings. The van der Waals surface area contributed by atoms with Gasteiger partial charge in [0.15, 0.2) is 0 Å². The number of hydrogen-bond donors (Lipinski definition) is 2. The zero-order chi connectivity index (χ0) is 14.7. The van der Waals surface area contributed by atoms with E-state index < -0.39 is 0 Å². The highest BCUT2D eigenvalue weighted by molar-refractivity contribution is 6.42. The van der Waals surface area contributed by atoms with Crippen LogP contribution in [0.4, 0.5) is 11.4 Å². The van der Waals surface area contributed by atoms with Gasteiger partial charge in [0.2, 0.25) is 0 Å². The van der Waals surface area contributed by atoms with Crippen LogP contribution >= 0.6 is 23.2 Å². The van der Waals surface area contributed by atoms with Crippen molar-refractivity contribution >= 4 is 40.5 Å². The van der Waals surface area contributed by atoms with Gasteiger partial charge in [0, 0.05) is 17.3 Å². The summed E-state index contributed by atoms with van der Waals surface area (Å²) in [5.41, 5.74) is 7.13. The molecule has 0 bridgehead atoms. The maximum absolute atomic E-state index is 12.1. The van der Waals surface area contributed by atoms with Crippen LogP contribution in [0, 0.1) is 0 Å². The fourth-order valence-electron chi connectivity index (χ4n) is 1.64. The number of ether oxygens (including phenoxy) is 1. The van der Waals surface area contributed by atoms with E-state index in [1.807, 2.05) is 0 Å². The number of rotatable bonds is 3. The van der Waals surface area contributed by atoms with Crippen molar-refractivity contribution in [1.82, 2.24) is 0 Å². The van der Waals surface area contributed by atoms with Gasteiger partial charge in [0.1, 0.15) is 5.75 Å². The highest BCUT2D eigenvalue weighted by Crippen LogP contribution is 2.28. The lowest BCUT2D eigenvalue weighted by molar-refractivity contribution is 0.102. The van der Waals surface area contributed by atoms with Gasteiger partial charge in [0.05, 0.1) is 22.8 Å². The van der Waals surface area contributed by atoms with Crippen molar-refractivity contribution in [2.45, 2.75) is 0 Å². The van der Waals surface area contributed by atoms with Gasteiger partial charge in [-0.15, -0.1) is 0 Å². The zero-order valence-corrected chi connectivity index (χ0v) is 12.1. The number of halogens is 2. The van der Waals surface area contributed by atoms with Crippen LogP contribution in [0.2, 0.25) is 10.0 Å². The van der Waals surface area contributed by atoms with Crippen LogP contribution in [0.25, 0.3) is 0 Å². The number of carbonyl (C=O) groups excluding carboxylic acids is 1. The molecule has 1 amide bonds. The number of anilines is 2. The Kier molecular flexibility index (Phi) is 4.37. The van der Waals surface area contributed by atoms with Crippen molar-refractivity contribution in [3.8, 4) is 5.75 Å². The minimum Gasteiger partial charge on any atom is -0.494 e. The van der Waals surface area contributed by atoms with E-state index in [0.717, 1.165) is 0 Å². The Labute approximate surface area is 126 Å². The van der Waals surface area contributed by atoms with Crippen molar-refractivity contribution in [2.75, 3.05) is 18.2 Å². The quantitative estimate of drug-likeness (QED) is 0.847. The van der Waals surface area contributed by atoms with Gasteiger partial charge in [0.25, 0.3) is 5.91 Å². The van der Waals surface area contributed by atoms with Crippen molar-refractivity contribution in [3.63, 3.8) is 0 Å². The minimum absolute atomic E-state index is 0.313. The molecule has 20 heavy (non-hydrogen) atoms. The van der Waals surface area contributed by atoms with E-state index in [9.17, 15) is 4.79 Å². The molecule has 104 valence electrons. The van der Waals surface area contributed by atoms with E-state index in [1.165, 1.54) is 13.2 Å². The predicted octanol–water partition coefficient (Wildman–Crippen LogP) is 3.84. The second kappa shape index (κ2) is 6.03. The number of methoxy groups -OCH3 is 1. The number of amides is 1. The van der Waals surface area contributed by atoms with Gasteiger partial charge in [-0.25, -0.2) is 0 Å². The summed E-state index contributed by atoms with van der Waals surface area (Å²) in [6, 6.07) is 9.64. The zero-order valence-electron chi connectivity index (χ0n) is 10.6. The molecule has 0 radical (unpaired) electrons. The Morgan fingerprint density at radius 1 is 1.15 bits per heavy atom. The highest BCUT2D eigenvalue weighted by Gasteiger charge is 2.11. The second-order valence-electron chi connectivity index (χ2n) is 4.04. The summed E-state index contributed by atoms with van der Waals surface area (Å²) in [6.07, 6.45) is 0. The summed E-state index contributed by atoms with van der Waals surface area (Å²) in [6.45, 7) is 0. The molecule has 3 N–H and O–H groups in total. The van der Waals surface area contributed by atoms with Crippen molar-refractivity contribution in [3.05, 3.63) is 52.0 Å². The summed E-state index contributed by atoms with van der Waals surface area (Å²) in [7, 11) is 1.50. The van der Waals surface area contributed by atoms with Crippen LogP contribution in [-0.2, 0) is 0 Å². The number of benzene rings is 2. The number of nitrogens with two attached hydrogens (primary N) is 1. The molecule has 0 atom stereocenters. The Morgan fingerprint density at radius 3 is 2.55 bits per heavy atom. The van der Waals surface area contributed by atoms with E-state index in [-0.39, 0.29) is 5.91 Å². The molecule has 0 aliphatic carbocycles. The molecule has 0 saturated heterocycles. The Morgan fingerprint density at radius 2 is 1.90 bits per heavy atom. The minimum atomic E-state index is -0.313. The fraction of sp³-hybridized carbons (Fsp3) is 0.0714. The smallest absolute Gasteiger partial charge is 0.255 e. The van der Waals surface area contributed by atoms with Crippen LogP contribution in [0.15, 0.2) is 36.4 Å². The monoisotopic (exact) mass is 310 g/mol. The molecule has 0 unspecified atom stereocenters. The number of carbonyl (C=O) groups is 1. The molecule has 0 aliphatic heterocycles. The molecule has 0 heterocycles. The van der Waals surface area contributed by atoms with E-state index >= 15 is 0 Å². The Bertz CT molecular complexity index is 660. The number of hydrogen-bond acceptors (Lipinski definition) is 3. The van der Waals surface area contributed by atoms with Gasteiger partial charge < -0.3 is 15.8 Å². The van der Waals surface area contributed by atoms with Crippen molar-refractivity contribution < 1.29 is 9.53 Å². The molecular weight excluding hydrogens is 299 g/mol. The predicted molar refractivity (Wildman–Crippen MR) is 81.8 cm³/mol. The fourth-order valence-corrected chi connectivity index (χ4v) is 1.94. The van der Waals surface area contributed by atoms with E-state index in [2.05, 4.69) is 5.32 Å². The average Bonchev–Trinajstić information content (AvgIpc) is 2.43. The van der Waals surface area contributed by atoms with E-state index in [0.29, 0.717) is 32.7 Å². The average molecular weight is 311 g/mol. The van der Waals surface area contributed by atoms with Crippen molar-refractivity contribution in [1.29, 1.82) is 0 Å². The topological polar surface area (TPSA) is 64.3 Å². The second-order valence-corrected chi connectivity index (χ2v) is 4.86. The molecule has 0 fully saturated rings. The van der Waals surface area contributed by atoms with Crippen LogP contribution < -0.4 is 15.8 Å². The van der Waals surface area contributed by atoms with Gasteiger partial charge in [-0.05, 0) is 30.3 Å². The molecule has 0 aliphatic rings. The maximum Gasteiger partial charge on any atom is 0.255 e. The number of nitrogen functional groups attached to an aromatic ring is 1. The van der Waals surface area contributed by atoms with Crippen molar-refractivity contribution in [2.24, 2.45) is 0 Å². The molecule has 2 aromatic carbocycles. The molecule has 4 nitrogen and oxygen atoms in total. The third kappa shape index (κ3) is 3.15. The molecule has 0 aromatic heterocycles. The largest absolute Gasteiger partial charge is 0.494 e. The molecule has 6 heteroatoms. The Hall–Kier alpha value is -1.91. The van der Waals surface area contributed by atoms with E-state index in [4.69, 9.17) is 33.7 Å².